The summed E-state index contributed by atoms with van der Waals surface area (Å²) in [6, 6.07) is 2.49. The van der Waals surface area contributed by atoms with Gasteiger partial charge >= 0.3 is 0 Å². The van der Waals surface area contributed by atoms with Gasteiger partial charge in [-0.1, -0.05) is 26.2 Å². The Morgan fingerprint density at radius 1 is 1.37 bits per heavy atom. The van der Waals surface area contributed by atoms with Crippen LogP contribution in [0.3, 0.4) is 0 Å². The highest BCUT2D eigenvalue weighted by Gasteiger charge is 2.43. The molecule has 1 aromatic heterocycles. The molecule has 4 nitrogen and oxygen atoms in total. The molecule has 1 unspecified atom stereocenters. The van der Waals surface area contributed by atoms with Crippen LogP contribution in [0.15, 0.2) is 12.3 Å². The Morgan fingerprint density at radius 2 is 2.05 bits per heavy atom. The minimum Gasteiger partial charge on any atom is -0.307 e. The van der Waals surface area contributed by atoms with Crippen molar-refractivity contribution in [2.45, 2.75) is 50.6 Å². The Hall–Kier alpha value is -0.870. The lowest BCUT2D eigenvalue weighted by Gasteiger charge is -2.48. The second-order valence-electron chi connectivity index (χ2n) is 5.96. The Kier molecular flexibility index (Phi) is 4.63. The average molecular weight is 264 g/mol. The molecule has 0 amide bonds. The van der Waals surface area contributed by atoms with Crippen molar-refractivity contribution in [2.24, 2.45) is 7.05 Å². The van der Waals surface area contributed by atoms with Crippen LogP contribution in [0.4, 0.5) is 0 Å². The highest BCUT2D eigenvalue weighted by molar-refractivity contribution is 5.15. The van der Waals surface area contributed by atoms with Gasteiger partial charge in [-0.05, 0) is 39.5 Å². The van der Waals surface area contributed by atoms with Gasteiger partial charge in [-0.15, -0.1) is 0 Å². The van der Waals surface area contributed by atoms with Gasteiger partial charge in [-0.3, -0.25) is 4.68 Å². The number of aromatic nitrogens is 2. The number of rotatable bonds is 5. The van der Waals surface area contributed by atoms with Gasteiger partial charge in [0.25, 0.3) is 0 Å². The third-order valence-electron chi connectivity index (χ3n) is 4.59. The van der Waals surface area contributed by atoms with Crippen molar-refractivity contribution in [3.8, 4) is 0 Å². The van der Waals surface area contributed by atoms with E-state index in [4.69, 9.17) is 0 Å². The number of nitrogens with zero attached hydrogens (tertiary/aromatic N) is 3. The molecule has 0 radical (unpaired) electrons. The molecule has 4 heteroatoms. The summed E-state index contributed by atoms with van der Waals surface area (Å²) in [4.78, 5) is 2.42. The molecule has 1 fully saturated rings. The fraction of sp³-hybridized carbons (Fsp3) is 0.800. The molecule has 0 saturated heterocycles. The van der Waals surface area contributed by atoms with E-state index in [9.17, 15) is 0 Å². The average Bonchev–Trinajstić information content (AvgIpc) is 2.83. The van der Waals surface area contributed by atoms with Crippen molar-refractivity contribution in [1.82, 2.24) is 20.0 Å². The number of nitrogens with one attached hydrogen (secondary N) is 1. The van der Waals surface area contributed by atoms with Crippen molar-refractivity contribution in [2.75, 3.05) is 20.6 Å². The van der Waals surface area contributed by atoms with Crippen molar-refractivity contribution in [3.05, 3.63) is 18.0 Å². The molecule has 2 rings (SSSR count). The number of hydrogen-bond donors (Lipinski definition) is 1. The quantitative estimate of drug-likeness (QED) is 0.886. The van der Waals surface area contributed by atoms with Gasteiger partial charge in [0, 0.05) is 18.8 Å². The minimum absolute atomic E-state index is 0.211. The molecule has 1 N–H and O–H groups in total. The first kappa shape index (κ1) is 14.5. The fourth-order valence-corrected chi connectivity index (χ4v) is 3.52. The minimum atomic E-state index is 0.211. The molecule has 1 aliphatic carbocycles. The van der Waals surface area contributed by atoms with Crippen molar-refractivity contribution in [3.63, 3.8) is 0 Å². The van der Waals surface area contributed by atoms with Crippen LogP contribution in [0.5, 0.6) is 0 Å². The lowest BCUT2D eigenvalue weighted by Crippen LogP contribution is -2.55. The first-order valence-corrected chi connectivity index (χ1v) is 7.50. The van der Waals surface area contributed by atoms with E-state index < -0.39 is 0 Å². The van der Waals surface area contributed by atoms with Gasteiger partial charge in [-0.2, -0.15) is 5.10 Å². The molecule has 108 valence electrons. The standard InChI is InChI=1S/C15H28N4/c1-5-16-14(13-9-12-19(4)17-13)15(18(2)3)10-7-6-8-11-15/h9,12,14,16H,5-8,10-11H2,1-4H3. The predicted molar refractivity (Wildman–Crippen MR) is 79.1 cm³/mol. The molecule has 0 aliphatic heterocycles. The van der Waals surface area contributed by atoms with E-state index in [0.29, 0.717) is 6.04 Å². The van der Waals surface area contributed by atoms with Gasteiger partial charge in [0.2, 0.25) is 0 Å². The molecule has 19 heavy (non-hydrogen) atoms. The number of aryl methyl sites for hydroxylation is 1. The van der Waals surface area contributed by atoms with Gasteiger partial charge in [0.15, 0.2) is 0 Å². The lowest BCUT2D eigenvalue weighted by atomic mass is 9.74. The van der Waals surface area contributed by atoms with E-state index in [2.05, 4.69) is 42.4 Å². The zero-order valence-electron chi connectivity index (χ0n) is 12.8. The molecule has 1 aromatic rings. The van der Waals surface area contributed by atoms with Gasteiger partial charge in [0.1, 0.15) is 0 Å². The van der Waals surface area contributed by atoms with Crippen LogP contribution in [0.1, 0.15) is 50.8 Å². The maximum absolute atomic E-state index is 4.66. The molecule has 1 aliphatic rings. The van der Waals surface area contributed by atoms with E-state index in [-0.39, 0.29) is 5.54 Å². The SMILES string of the molecule is CCNC(c1ccn(C)n1)C1(N(C)C)CCCCC1. The highest BCUT2D eigenvalue weighted by Crippen LogP contribution is 2.41. The van der Waals surface area contributed by atoms with Crippen LogP contribution >= 0.6 is 0 Å². The third-order valence-corrected chi connectivity index (χ3v) is 4.59. The van der Waals surface area contributed by atoms with E-state index in [1.54, 1.807) is 0 Å². The summed E-state index contributed by atoms with van der Waals surface area (Å²) in [5.41, 5.74) is 1.39. The van der Waals surface area contributed by atoms with Crippen molar-refractivity contribution in [1.29, 1.82) is 0 Å². The molecule has 1 atom stereocenters. The highest BCUT2D eigenvalue weighted by atomic mass is 15.3. The Balaban J connectivity index is 2.33. The predicted octanol–water partition coefficient (Wildman–Crippen LogP) is 2.34. The molecule has 1 saturated carbocycles. The number of hydrogen-bond acceptors (Lipinski definition) is 3. The second kappa shape index (κ2) is 6.06. The summed E-state index contributed by atoms with van der Waals surface area (Å²) in [5.74, 6) is 0. The van der Waals surface area contributed by atoms with E-state index >= 15 is 0 Å². The van der Waals surface area contributed by atoms with Gasteiger partial charge in [0.05, 0.1) is 11.7 Å². The molecule has 0 spiro atoms. The molecule has 0 bridgehead atoms. The maximum Gasteiger partial charge on any atom is 0.0812 e. The second-order valence-corrected chi connectivity index (χ2v) is 5.96. The maximum atomic E-state index is 4.66. The van der Waals surface area contributed by atoms with Crippen LogP contribution in [0.2, 0.25) is 0 Å². The largest absolute Gasteiger partial charge is 0.307 e. The fourth-order valence-electron chi connectivity index (χ4n) is 3.52. The van der Waals surface area contributed by atoms with Crippen LogP contribution in [0, 0.1) is 0 Å². The van der Waals surface area contributed by atoms with Crippen LogP contribution in [-0.2, 0) is 7.05 Å². The molecule has 0 aromatic carbocycles. The summed E-state index contributed by atoms with van der Waals surface area (Å²) in [5, 5.41) is 8.35. The smallest absolute Gasteiger partial charge is 0.0812 e. The summed E-state index contributed by atoms with van der Waals surface area (Å²) in [6.07, 6.45) is 8.59. The van der Waals surface area contributed by atoms with Crippen LogP contribution in [-0.4, -0.2) is 40.9 Å². The zero-order valence-corrected chi connectivity index (χ0v) is 12.8. The van der Waals surface area contributed by atoms with Crippen molar-refractivity contribution >= 4 is 0 Å². The Morgan fingerprint density at radius 3 is 2.53 bits per heavy atom. The van der Waals surface area contributed by atoms with Gasteiger partial charge < -0.3 is 10.2 Å². The van der Waals surface area contributed by atoms with Crippen LogP contribution < -0.4 is 5.32 Å². The summed E-state index contributed by atoms with van der Waals surface area (Å²) in [6.45, 7) is 3.17. The summed E-state index contributed by atoms with van der Waals surface area (Å²) < 4.78 is 1.91. The van der Waals surface area contributed by atoms with Crippen LogP contribution in [0.25, 0.3) is 0 Å². The zero-order chi connectivity index (χ0) is 13.9. The molecular formula is C15H28N4. The van der Waals surface area contributed by atoms with Gasteiger partial charge in [-0.25, -0.2) is 0 Å². The molecule has 1 heterocycles. The first-order valence-electron chi connectivity index (χ1n) is 7.50. The Labute approximate surface area is 117 Å². The topological polar surface area (TPSA) is 33.1 Å². The Bertz CT molecular complexity index is 391. The monoisotopic (exact) mass is 264 g/mol. The van der Waals surface area contributed by atoms with Crippen molar-refractivity contribution < 1.29 is 0 Å². The first-order chi connectivity index (χ1) is 9.10. The molecular weight excluding hydrogens is 236 g/mol. The normalized spacial score (nSPS) is 20.7. The van der Waals surface area contributed by atoms with E-state index in [0.717, 1.165) is 6.54 Å². The lowest BCUT2D eigenvalue weighted by molar-refractivity contribution is 0.0552. The number of likely N-dealkylation sites (N-methyl/N-ethyl adjacent to an activating group) is 2. The van der Waals surface area contributed by atoms with E-state index in [1.807, 2.05) is 17.9 Å². The summed E-state index contributed by atoms with van der Waals surface area (Å²) in [7, 11) is 6.44. The summed E-state index contributed by atoms with van der Waals surface area (Å²) >= 11 is 0. The third kappa shape index (κ3) is 2.84. The van der Waals surface area contributed by atoms with E-state index in [1.165, 1.54) is 37.8 Å².